The van der Waals surface area contributed by atoms with E-state index in [1.807, 2.05) is 0 Å². The fraction of sp³-hybridized carbons (Fsp3) is 0.0270. The Morgan fingerprint density at radius 2 is 1.54 bits per heavy atom. The van der Waals surface area contributed by atoms with E-state index in [4.69, 9.17) is 4.42 Å². The first kappa shape index (κ1) is 22.0. The molecule has 2 aromatic heterocycles. The molecule has 0 unspecified atom stereocenters. The number of aromatic amines is 1. The molecule has 1 aliphatic rings. The Hall–Kier alpha value is -5.08. The normalized spacial score (nSPS) is 13.8. The van der Waals surface area contributed by atoms with Crippen molar-refractivity contribution in [2.75, 3.05) is 0 Å². The topological polar surface area (TPSA) is 28.9 Å². The lowest BCUT2D eigenvalue weighted by Gasteiger charge is -2.07. The van der Waals surface area contributed by atoms with E-state index >= 15 is 0 Å². The molecule has 0 atom stereocenters. The molecule has 0 saturated carbocycles. The van der Waals surface area contributed by atoms with Crippen LogP contribution in [0, 0.1) is 5.92 Å². The molecule has 8 rings (SSSR count). The zero-order valence-corrected chi connectivity index (χ0v) is 21.3. The molecule has 184 valence electrons. The van der Waals surface area contributed by atoms with Gasteiger partial charge < -0.3 is 9.40 Å². The minimum atomic E-state index is 0.330. The van der Waals surface area contributed by atoms with Crippen LogP contribution in [-0.4, -0.2) is 4.98 Å². The standard InChI is InChI=1S/C37H25NO/c1-23(16-17-24-8-2-3-9-24)27-13-7-15-30-35-32(38-37(27)30)19-21-34-36(35)31-22-26(18-20-33(31)39-34)29-14-6-11-25-10-4-5-12-28(25)29/h2-22,24,38H,1H2/b17-16-. The Morgan fingerprint density at radius 3 is 2.46 bits per heavy atom. The van der Waals surface area contributed by atoms with Crippen LogP contribution >= 0.6 is 0 Å². The van der Waals surface area contributed by atoms with Gasteiger partial charge in [0.15, 0.2) is 0 Å². The van der Waals surface area contributed by atoms with Crippen LogP contribution in [0.4, 0.5) is 0 Å². The van der Waals surface area contributed by atoms with Crippen molar-refractivity contribution in [1.82, 2.24) is 4.98 Å². The summed E-state index contributed by atoms with van der Waals surface area (Å²) < 4.78 is 6.37. The van der Waals surface area contributed by atoms with Gasteiger partial charge in [0.05, 0.1) is 5.52 Å². The molecule has 0 bridgehead atoms. The highest BCUT2D eigenvalue weighted by Gasteiger charge is 2.17. The molecule has 1 aliphatic carbocycles. The number of H-pyrrole nitrogens is 1. The SMILES string of the molecule is C=C(/C=C\C1C=CC=C1)c1cccc2c1[nH]c1ccc3oc4ccc(-c5cccc6ccccc56)cc4c3c12. The molecular weight excluding hydrogens is 474 g/mol. The molecule has 5 aromatic carbocycles. The van der Waals surface area contributed by atoms with Crippen LogP contribution < -0.4 is 0 Å². The molecule has 0 amide bonds. The molecule has 0 spiro atoms. The third-order valence-electron chi connectivity index (χ3n) is 7.97. The fourth-order valence-corrected chi connectivity index (χ4v) is 6.09. The van der Waals surface area contributed by atoms with E-state index in [0.717, 1.165) is 44.1 Å². The van der Waals surface area contributed by atoms with E-state index in [2.05, 4.69) is 139 Å². The van der Waals surface area contributed by atoms with Gasteiger partial charge in [-0.3, -0.25) is 0 Å². The van der Waals surface area contributed by atoms with Gasteiger partial charge in [-0.15, -0.1) is 0 Å². The van der Waals surface area contributed by atoms with Crippen molar-refractivity contribution >= 4 is 60.1 Å². The van der Waals surface area contributed by atoms with Crippen molar-refractivity contribution in [1.29, 1.82) is 0 Å². The van der Waals surface area contributed by atoms with E-state index in [1.54, 1.807) is 0 Å². The molecule has 0 fully saturated rings. The van der Waals surface area contributed by atoms with Gasteiger partial charge in [-0.05, 0) is 51.7 Å². The Balaban J connectivity index is 1.35. The number of fused-ring (bicyclic) bond motifs is 8. The second kappa shape index (κ2) is 8.47. The molecule has 2 nitrogen and oxygen atoms in total. The molecule has 2 heterocycles. The summed E-state index contributed by atoms with van der Waals surface area (Å²) in [6.07, 6.45) is 12.9. The number of nitrogens with one attached hydrogen (secondary N) is 1. The summed E-state index contributed by atoms with van der Waals surface area (Å²) in [6.45, 7) is 4.40. The lowest BCUT2D eigenvalue weighted by molar-refractivity contribution is 0.669. The van der Waals surface area contributed by atoms with E-state index in [1.165, 1.54) is 32.7 Å². The molecule has 7 aromatic rings. The molecule has 39 heavy (non-hydrogen) atoms. The summed E-state index contributed by atoms with van der Waals surface area (Å²) in [4.78, 5) is 3.71. The van der Waals surface area contributed by atoms with Crippen LogP contribution in [0.15, 0.2) is 138 Å². The van der Waals surface area contributed by atoms with Gasteiger partial charge in [-0.2, -0.15) is 0 Å². The van der Waals surface area contributed by atoms with Crippen LogP contribution in [0.25, 0.3) is 71.2 Å². The first-order valence-corrected chi connectivity index (χ1v) is 13.3. The summed E-state index contributed by atoms with van der Waals surface area (Å²) >= 11 is 0. The Bertz CT molecular complexity index is 2180. The largest absolute Gasteiger partial charge is 0.456 e. The van der Waals surface area contributed by atoms with Crippen LogP contribution in [0.1, 0.15) is 5.56 Å². The van der Waals surface area contributed by atoms with Crippen molar-refractivity contribution in [3.8, 4) is 11.1 Å². The third kappa shape index (κ3) is 3.42. The number of benzene rings is 5. The van der Waals surface area contributed by atoms with E-state index in [0.29, 0.717) is 5.92 Å². The van der Waals surface area contributed by atoms with Crippen molar-refractivity contribution in [3.63, 3.8) is 0 Å². The van der Waals surface area contributed by atoms with Crippen molar-refractivity contribution in [2.24, 2.45) is 5.92 Å². The Labute approximate surface area is 225 Å². The molecule has 1 N–H and O–H groups in total. The lowest BCUT2D eigenvalue weighted by Crippen LogP contribution is -1.85. The van der Waals surface area contributed by atoms with Crippen molar-refractivity contribution in [3.05, 3.63) is 140 Å². The average molecular weight is 500 g/mol. The highest BCUT2D eigenvalue weighted by Crippen LogP contribution is 2.41. The summed E-state index contributed by atoms with van der Waals surface area (Å²) in [5, 5.41) is 7.15. The summed E-state index contributed by atoms with van der Waals surface area (Å²) in [5.41, 5.74) is 8.53. The second-order valence-electron chi connectivity index (χ2n) is 10.3. The van der Waals surface area contributed by atoms with Gasteiger partial charge in [-0.25, -0.2) is 0 Å². The van der Waals surface area contributed by atoms with Gasteiger partial charge in [0.25, 0.3) is 0 Å². The van der Waals surface area contributed by atoms with Gasteiger partial charge in [0, 0.05) is 38.5 Å². The number of rotatable bonds is 4. The summed E-state index contributed by atoms with van der Waals surface area (Å²) in [7, 11) is 0. The number of hydrogen-bond donors (Lipinski definition) is 1. The quantitative estimate of drug-likeness (QED) is 0.240. The minimum Gasteiger partial charge on any atom is -0.456 e. The average Bonchev–Trinajstić information content (AvgIpc) is 3.72. The zero-order valence-electron chi connectivity index (χ0n) is 21.3. The molecule has 2 heteroatoms. The smallest absolute Gasteiger partial charge is 0.136 e. The predicted octanol–water partition coefficient (Wildman–Crippen LogP) is 10.4. The highest BCUT2D eigenvalue weighted by atomic mass is 16.3. The van der Waals surface area contributed by atoms with Gasteiger partial charge in [-0.1, -0.05) is 110 Å². The predicted molar refractivity (Wildman–Crippen MR) is 166 cm³/mol. The molecular formula is C37H25NO. The summed E-state index contributed by atoms with van der Waals surface area (Å²) in [6, 6.07) is 32.3. The van der Waals surface area contributed by atoms with E-state index in [-0.39, 0.29) is 0 Å². The number of para-hydroxylation sites is 1. The van der Waals surface area contributed by atoms with Crippen LogP contribution in [-0.2, 0) is 0 Å². The minimum absolute atomic E-state index is 0.330. The maximum absolute atomic E-state index is 6.37. The molecule has 0 radical (unpaired) electrons. The number of allylic oxidation sites excluding steroid dienone is 7. The second-order valence-corrected chi connectivity index (χ2v) is 10.3. The fourth-order valence-electron chi connectivity index (χ4n) is 6.09. The van der Waals surface area contributed by atoms with Gasteiger partial charge >= 0.3 is 0 Å². The van der Waals surface area contributed by atoms with Crippen LogP contribution in [0.5, 0.6) is 0 Å². The summed E-state index contributed by atoms with van der Waals surface area (Å²) in [5.74, 6) is 0.330. The van der Waals surface area contributed by atoms with Crippen LogP contribution in [0.3, 0.4) is 0 Å². The Morgan fingerprint density at radius 1 is 0.744 bits per heavy atom. The number of furan rings is 1. The number of aromatic nitrogens is 1. The Kier molecular flexibility index (Phi) is 4.77. The van der Waals surface area contributed by atoms with E-state index < -0.39 is 0 Å². The monoisotopic (exact) mass is 499 g/mol. The van der Waals surface area contributed by atoms with Gasteiger partial charge in [0.2, 0.25) is 0 Å². The maximum Gasteiger partial charge on any atom is 0.136 e. The zero-order chi connectivity index (χ0) is 25.9. The lowest BCUT2D eigenvalue weighted by atomic mass is 9.96. The maximum atomic E-state index is 6.37. The first-order valence-electron chi connectivity index (χ1n) is 13.3. The van der Waals surface area contributed by atoms with Gasteiger partial charge in [0.1, 0.15) is 11.2 Å². The van der Waals surface area contributed by atoms with Crippen molar-refractivity contribution < 1.29 is 4.42 Å². The van der Waals surface area contributed by atoms with E-state index in [9.17, 15) is 0 Å². The number of hydrogen-bond acceptors (Lipinski definition) is 1. The third-order valence-corrected chi connectivity index (χ3v) is 7.97. The molecule has 0 saturated heterocycles. The first-order chi connectivity index (χ1) is 19.2. The molecule has 0 aliphatic heterocycles. The highest BCUT2D eigenvalue weighted by molar-refractivity contribution is 6.27. The van der Waals surface area contributed by atoms with Crippen molar-refractivity contribution in [2.45, 2.75) is 0 Å². The van der Waals surface area contributed by atoms with Crippen LogP contribution in [0.2, 0.25) is 0 Å².